The molecule has 1 unspecified atom stereocenters. The summed E-state index contributed by atoms with van der Waals surface area (Å²) in [5, 5.41) is 10.5. The molecule has 0 radical (unpaired) electrons. The summed E-state index contributed by atoms with van der Waals surface area (Å²) in [6.45, 7) is 4.19. The summed E-state index contributed by atoms with van der Waals surface area (Å²) in [5.41, 5.74) is 4.27. The number of benzene rings is 1. The van der Waals surface area contributed by atoms with Gasteiger partial charge in [-0.2, -0.15) is 10.1 Å². The van der Waals surface area contributed by atoms with Gasteiger partial charge in [0.05, 0.1) is 18.0 Å². The van der Waals surface area contributed by atoms with Gasteiger partial charge in [-0.15, -0.1) is 11.8 Å². The van der Waals surface area contributed by atoms with Gasteiger partial charge in [-0.1, -0.05) is 18.2 Å². The summed E-state index contributed by atoms with van der Waals surface area (Å²) in [6.07, 6.45) is -3.39. The molecule has 36 heavy (non-hydrogen) atoms. The lowest BCUT2D eigenvalue weighted by Gasteiger charge is -2.25. The first-order valence-corrected chi connectivity index (χ1v) is 13.4. The Balaban J connectivity index is 1.77. The second-order valence-electron chi connectivity index (χ2n) is 8.20. The molecule has 4 N–H and O–H groups in total. The van der Waals surface area contributed by atoms with Crippen molar-refractivity contribution in [3.8, 4) is 5.75 Å². The molecule has 1 aromatic carbocycles. The predicted octanol–water partition coefficient (Wildman–Crippen LogP) is 2.41. The van der Waals surface area contributed by atoms with E-state index in [4.69, 9.17) is 19.5 Å². The maximum Gasteiger partial charge on any atom is 0.459 e. The molecule has 0 saturated carbocycles. The number of nitrogens with one attached hydrogen (secondary N) is 1. The van der Waals surface area contributed by atoms with E-state index in [2.05, 4.69) is 10.1 Å². The van der Waals surface area contributed by atoms with Gasteiger partial charge in [0.2, 0.25) is 0 Å². The normalized spacial score (nSPS) is 24.3. The molecule has 1 aromatic heterocycles. The highest BCUT2D eigenvalue weighted by atomic mass is 32.2. The Morgan fingerprint density at radius 2 is 2.00 bits per heavy atom. The number of anilines is 1. The predicted molar refractivity (Wildman–Crippen MR) is 129 cm³/mol. The number of thioether (sulfide) groups is 1. The van der Waals surface area contributed by atoms with Crippen LogP contribution in [0.4, 0.5) is 14.6 Å². The van der Waals surface area contributed by atoms with Crippen LogP contribution in [0.2, 0.25) is 0 Å². The molecule has 1 saturated heterocycles. The average Bonchev–Trinajstić information content (AvgIpc) is 3.08. The Morgan fingerprint density at radius 3 is 2.64 bits per heavy atom. The van der Waals surface area contributed by atoms with Crippen molar-refractivity contribution >= 4 is 31.3 Å². The number of nitrogen functional groups attached to an aromatic ring is 1. The van der Waals surface area contributed by atoms with Crippen molar-refractivity contribution in [3.63, 3.8) is 0 Å². The molecule has 6 atom stereocenters. The topological polar surface area (TPSA) is 155 Å². The number of hydrogen-bond acceptors (Lipinski definition) is 10. The third-order valence-electron chi connectivity index (χ3n) is 4.94. The second-order valence-corrected chi connectivity index (χ2v) is 11.3. The number of carbonyl (C=O) groups excluding carboxylic acids is 1. The van der Waals surface area contributed by atoms with Gasteiger partial charge < -0.3 is 20.1 Å². The SMILES string of the molecule is CC(C)OC(=O)C(C)N[P@](=O)(OC[C@H]1S[C@@H](n2cc(F)c(N)nc2=O)[C@@H](F)[C@@H]1O)Oc1ccccc1. The minimum atomic E-state index is -4.26. The number of aliphatic hydroxyl groups excluding tert-OH is 1. The van der Waals surface area contributed by atoms with Crippen LogP contribution in [0.3, 0.4) is 0 Å². The third kappa shape index (κ3) is 6.83. The summed E-state index contributed by atoms with van der Waals surface area (Å²) in [7, 11) is -4.26. The van der Waals surface area contributed by atoms with Crippen LogP contribution in [0.1, 0.15) is 26.1 Å². The van der Waals surface area contributed by atoms with E-state index in [1.165, 1.54) is 19.1 Å². The fourth-order valence-corrected chi connectivity index (χ4v) is 6.24. The van der Waals surface area contributed by atoms with Crippen LogP contribution in [0.5, 0.6) is 5.75 Å². The first kappa shape index (κ1) is 28.1. The highest BCUT2D eigenvalue weighted by Gasteiger charge is 2.47. The number of hydrogen-bond donors (Lipinski definition) is 3. The standard InChI is InChI=1S/C21H27F2N4O7PS/c1-11(2)33-20(29)12(3)26-35(31,34-13-7-5-4-6-8-13)32-10-15-17(28)16(23)19(36-15)27-9-14(22)18(24)25-21(27)30/h4-9,11-12,15-17,19,28H,10H2,1-3H3,(H,26,31)(H2,24,25,30)/t12?,15-,16+,17-,19-,35+/m1/s1. The van der Waals surface area contributed by atoms with E-state index in [1.54, 1.807) is 32.0 Å². The van der Waals surface area contributed by atoms with Gasteiger partial charge in [0.25, 0.3) is 0 Å². The summed E-state index contributed by atoms with van der Waals surface area (Å²) >= 11 is 0.759. The van der Waals surface area contributed by atoms with Crippen molar-refractivity contribution in [1.29, 1.82) is 0 Å². The Labute approximate surface area is 209 Å². The number of rotatable bonds is 10. The number of para-hydroxylation sites is 1. The van der Waals surface area contributed by atoms with Crippen LogP contribution in [-0.2, 0) is 18.6 Å². The zero-order valence-corrected chi connectivity index (χ0v) is 21.3. The van der Waals surface area contributed by atoms with E-state index >= 15 is 0 Å². The molecule has 0 amide bonds. The zero-order chi connectivity index (χ0) is 26.6. The van der Waals surface area contributed by atoms with E-state index in [-0.39, 0.29) is 5.75 Å². The van der Waals surface area contributed by atoms with E-state index in [1.807, 2.05) is 0 Å². The Morgan fingerprint density at radius 1 is 1.33 bits per heavy atom. The molecule has 0 aliphatic carbocycles. The minimum Gasteiger partial charge on any atom is -0.462 e. The second kappa shape index (κ2) is 11.7. The molecule has 198 valence electrons. The number of halogens is 2. The van der Waals surface area contributed by atoms with Crippen molar-refractivity contribution in [2.24, 2.45) is 0 Å². The maximum atomic E-state index is 14.9. The number of ether oxygens (including phenoxy) is 1. The van der Waals surface area contributed by atoms with E-state index < -0.39 is 72.7 Å². The quantitative estimate of drug-likeness (QED) is 0.296. The highest BCUT2D eigenvalue weighted by Crippen LogP contribution is 2.49. The molecule has 2 heterocycles. The number of aliphatic hydroxyl groups is 1. The molecule has 1 aliphatic heterocycles. The lowest BCUT2D eigenvalue weighted by atomic mass is 10.1. The van der Waals surface area contributed by atoms with Gasteiger partial charge >= 0.3 is 19.4 Å². The van der Waals surface area contributed by atoms with E-state index in [0.717, 1.165) is 11.8 Å². The van der Waals surface area contributed by atoms with Crippen LogP contribution in [-0.4, -0.2) is 56.9 Å². The van der Waals surface area contributed by atoms with Crippen molar-refractivity contribution in [3.05, 3.63) is 52.8 Å². The van der Waals surface area contributed by atoms with E-state index in [0.29, 0.717) is 10.8 Å². The van der Waals surface area contributed by atoms with Crippen molar-refractivity contribution in [2.75, 3.05) is 12.3 Å². The van der Waals surface area contributed by atoms with Gasteiger partial charge in [-0.25, -0.2) is 18.1 Å². The molecule has 2 aromatic rings. The maximum absolute atomic E-state index is 14.9. The average molecular weight is 549 g/mol. The van der Waals surface area contributed by atoms with Crippen LogP contribution in [0, 0.1) is 5.82 Å². The minimum absolute atomic E-state index is 0.161. The van der Waals surface area contributed by atoms with Gasteiger partial charge in [0.1, 0.15) is 23.3 Å². The molecular weight excluding hydrogens is 521 g/mol. The molecule has 3 rings (SSSR count). The monoisotopic (exact) mass is 548 g/mol. The number of nitrogens with zero attached hydrogens (tertiary/aromatic N) is 2. The van der Waals surface area contributed by atoms with Crippen molar-refractivity contribution in [2.45, 2.75) is 55.8 Å². The lowest BCUT2D eigenvalue weighted by molar-refractivity contribution is -0.149. The summed E-state index contributed by atoms with van der Waals surface area (Å²) < 4.78 is 59.1. The fraction of sp³-hybridized carbons (Fsp3) is 0.476. The van der Waals surface area contributed by atoms with Crippen molar-refractivity contribution in [1.82, 2.24) is 14.6 Å². The highest BCUT2D eigenvalue weighted by molar-refractivity contribution is 8.00. The first-order chi connectivity index (χ1) is 16.9. The number of esters is 1. The molecular formula is C21H27F2N4O7PS. The molecule has 11 nitrogen and oxygen atoms in total. The Bertz CT molecular complexity index is 1170. The van der Waals surface area contributed by atoms with Crippen LogP contribution in [0.25, 0.3) is 0 Å². The Kier molecular flexibility index (Phi) is 9.12. The molecule has 1 aliphatic rings. The largest absolute Gasteiger partial charge is 0.462 e. The molecule has 0 bridgehead atoms. The van der Waals surface area contributed by atoms with Gasteiger partial charge in [0, 0.05) is 6.20 Å². The third-order valence-corrected chi connectivity index (χ3v) is 8.11. The summed E-state index contributed by atoms with van der Waals surface area (Å²) in [6, 6.07) is 6.88. The zero-order valence-electron chi connectivity index (χ0n) is 19.6. The van der Waals surface area contributed by atoms with Crippen LogP contribution >= 0.6 is 19.5 Å². The smallest absolute Gasteiger partial charge is 0.459 e. The molecule has 15 heteroatoms. The Hall–Kier alpha value is -2.51. The number of carbonyl (C=O) groups is 1. The first-order valence-electron chi connectivity index (χ1n) is 10.9. The number of aromatic nitrogens is 2. The van der Waals surface area contributed by atoms with Gasteiger partial charge in [-0.3, -0.25) is 13.9 Å². The summed E-state index contributed by atoms with van der Waals surface area (Å²) in [4.78, 5) is 27.7. The van der Waals surface area contributed by atoms with Crippen LogP contribution < -0.4 is 21.0 Å². The van der Waals surface area contributed by atoms with Crippen LogP contribution in [0.15, 0.2) is 41.3 Å². The molecule has 1 fully saturated rings. The number of alkyl halides is 1. The van der Waals surface area contributed by atoms with E-state index in [9.17, 15) is 28.0 Å². The number of nitrogens with two attached hydrogens (primary N) is 1. The van der Waals surface area contributed by atoms with Gasteiger partial charge in [-0.05, 0) is 32.9 Å². The van der Waals surface area contributed by atoms with Gasteiger partial charge in [0.15, 0.2) is 17.8 Å². The fourth-order valence-electron chi connectivity index (χ4n) is 3.21. The lowest BCUT2D eigenvalue weighted by Crippen LogP contribution is -2.37. The molecule has 0 spiro atoms. The summed E-state index contributed by atoms with van der Waals surface area (Å²) in [5.74, 6) is -2.20. The van der Waals surface area contributed by atoms with Crippen molar-refractivity contribution < 1.29 is 37.0 Å².